The molecule has 1 heterocycles. The molecule has 7 heteroatoms. The number of amides is 3. The standard InChI is InChI=1S/C24H28N4O3/c1-4-13-25-24(30)28-20-9-5-17(6-10-20)14-22(29)27-19-11-7-18(8-12-19)23-26-15-21(31-23)16(2)3/h5-12,15-16H,4,13-14H2,1-3H3,(H,27,29)(H2,25,28,30). The highest BCUT2D eigenvalue weighted by Gasteiger charge is 2.10. The Labute approximate surface area is 182 Å². The zero-order chi connectivity index (χ0) is 22.2. The monoisotopic (exact) mass is 420 g/mol. The molecule has 0 radical (unpaired) electrons. The van der Waals surface area contributed by atoms with Crippen LogP contribution in [0.5, 0.6) is 0 Å². The Morgan fingerprint density at radius 1 is 0.968 bits per heavy atom. The first kappa shape index (κ1) is 22.1. The van der Waals surface area contributed by atoms with Crippen LogP contribution < -0.4 is 16.0 Å². The first-order chi connectivity index (χ1) is 14.9. The molecule has 3 rings (SSSR count). The Kier molecular flexibility index (Phi) is 7.43. The van der Waals surface area contributed by atoms with Crippen molar-refractivity contribution in [2.24, 2.45) is 0 Å². The summed E-state index contributed by atoms with van der Waals surface area (Å²) in [5.74, 6) is 1.57. The third-order valence-corrected chi connectivity index (χ3v) is 4.62. The summed E-state index contributed by atoms with van der Waals surface area (Å²) in [6, 6.07) is 14.4. The molecule has 3 amide bonds. The van der Waals surface area contributed by atoms with E-state index in [1.165, 1.54) is 0 Å². The number of rotatable bonds is 8. The number of anilines is 2. The van der Waals surface area contributed by atoms with Gasteiger partial charge < -0.3 is 20.4 Å². The number of oxazole rings is 1. The van der Waals surface area contributed by atoms with Gasteiger partial charge in [-0.3, -0.25) is 4.79 Å². The van der Waals surface area contributed by atoms with Gasteiger partial charge in [-0.15, -0.1) is 0 Å². The minimum absolute atomic E-state index is 0.118. The minimum atomic E-state index is -0.235. The number of carbonyl (C=O) groups excluding carboxylic acids is 2. The van der Waals surface area contributed by atoms with Crippen molar-refractivity contribution >= 4 is 23.3 Å². The van der Waals surface area contributed by atoms with Crippen molar-refractivity contribution in [3.05, 3.63) is 66.1 Å². The molecule has 0 aliphatic carbocycles. The van der Waals surface area contributed by atoms with Gasteiger partial charge in [0.1, 0.15) is 5.76 Å². The summed E-state index contributed by atoms with van der Waals surface area (Å²) in [6.07, 6.45) is 2.86. The van der Waals surface area contributed by atoms with Crippen molar-refractivity contribution < 1.29 is 14.0 Å². The predicted octanol–water partition coefficient (Wildman–Crippen LogP) is 5.18. The van der Waals surface area contributed by atoms with Crippen LogP contribution in [0, 0.1) is 0 Å². The molecule has 2 aromatic carbocycles. The lowest BCUT2D eigenvalue weighted by molar-refractivity contribution is -0.115. The lowest BCUT2D eigenvalue weighted by Gasteiger charge is -2.08. The topological polar surface area (TPSA) is 96.3 Å². The van der Waals surface area contributed by atoms with Gasteiger partial charge in [-0.05, 0) is 48.4 Å². The van der Waals surface area contributed by atoms with E-state index in [9.17, 15) is 9.59 Å². The molecular formula is C24H28N4O3. The highest BCUT2D eigenvalue weighted by molar-refractivity contribution is 5.93. The van der Waals surface area contributed by atoms with Crippen molar-refractivity contribution in [1.82, 2.24) is 10.3 Å². The summed E-state index contributed by atoms with van der Waals surface area (Å²) in [5.41, 5.74) is 3.10. The molecule has 162 valence electrons. The maximum Gasteiger partial charge on any atom is 0.319 e. The second-order valence-electron chi connectivity index (χ2n) is 7.60. The second-order valence-corrected chi connectivity index (χ2v) is 7.60. The first-order valence-electron chi connectivity index (χ1n) is 10.4. The van der Waals surface area contributed by atoms with Crippen molar-refractivity contribution in [2.45, 2.75) is 39.5 Å². The van der Waals surface area contributed by atoms with Gasteiger partial charge in [-0.1, -0.05) is 32.9 Å². The van der Waals surface area contributed by atoms with Crippen LogP contribution in [0.3, 0.4) is 0 Å². The highest BCUT2D eigenvalue weighted by Crippen LogP contribution is 2.24. The average molecular weight is 421 g/mol. The number of urea groups is 1. The van der Waals surface area contributed by atoms with Crippen molar-refractivity contribution in [3.63, 3.8) is 0 Å². The molecule has 0 saturated heterocycles. The van der Waals surface area contributed by atoms with E-state index in [4.69, 9.17) is 4.42 Å². The summed E-state index contributed by atoms with van der Waals surface area (Å²) >= 11 is 0. The number of carbonyl (C=O) groups is 2. The summed E-state index contributed by atoms with van der Waals surface area (Å²) in [6.45, 7) is 6.73. The Morgan fingerprint density at radius 2 is 1.61 bits per heavy atom. The molecule has 0 fully saturated rings. The van der Waals surface area contributed by atoms with Gasteiger partial charge in [-0.2, -0.15) is 0 Å². The molecule has 3 aromatic rings. The fourth-order valence-corrected chi connectivity index (χ4v) is 2.89. The van der Waals surface area contributed by atoms with E-state index in [0.717, 1.165) is 23.3 Å². The number of hydrogen-bond acceptors (Lipinski definition) is 4. The number of hydrogen-bond donors (Lipinski definition) is 3. The molecule has 1 aromatic heterocycles. The average Bonchev–Trinajstić information content (AvgIpc) is 3.25. The summed E-state index contributed by atoms with van der Waals surface area (Å²) in [4.78, 5) is 28.4. The van der Waals surface area contributed by atoms with Gasteiger partial charge in [0.2, 0.25) is 11.8 Å². The molecule has 0 atom stereocenters. The number of nitrogens with one attached hydrogen (secondary N) is 3. The van der Waals surface area contributed by atoms with Gasteiger partial charge in [0.25, 0.3) is 0 Å². The fraction of sp³-hybridized carbons (Fsp3) is 0.292. The largest absolute Gasteiger partial charge is 0.441 e. The smallest absolute Gasteiger partial charge is 0.319 e. The SMILES string of the molecule is CCCNC(=O)Nc1ccc(CC(=O)Nc2ccc(-c3ncc(C(C)C)o3)cc2)cc1. The molecule has 31 heavy (non-hydrogen) atoms. The Balaban J connectivity index is 1.52. The van der Waals surface area contributed by atoms with Crippen LogP contribution in [-0.2, 0) is 11.2 Å². The highest BCUT2D eigenvalue weighted by atomic mass is 16.4. The van der Waals surface area contributed by atoms with Crippen LogP contribution in [0.25, 0.3) is 11.5 Å². The minimum Gasteiger partial charge on any atom is -0.441 e. The van der Waals surface area contributed by atoms with Crippen molar-refractivity contribution in [2.75, 3.05) is 17.2 Å². The molecular weight excluding hydrogens is 392 g/mol. The zero-order valence-corrected chi connectivity index (χ0v) is 18.1. The normalized spacial score (nSPS) is 10.7. The van der Waals surface area contributed by atoms with Crippen LogP contribution >= 0.6 is 0 Å². The quantitative estimate of drug-likeness (QED) is 0.468. The van der Waals surface area contributed by atoms with Crippen LogP contribution in [0.4, 0.5) is 16.2 Å². The van der Waals surface area contributed by atoms with Crippen LogP contribution in [0.1, 0.15) is 44.4 Å². The fourth-order valence-electron chi connectivity index (χ4n) is 2.89. The number of benzene rings is 2. The predicted molar refractivity (Wildman–Crippen MR) is 122 cm³/mol. The third-order valence-electron chi connectivity index (χ3n) is 4.62. The molecule has 3 N–H and O–H groups in total. The van der Waals surface area contributed by atoms with E-state index in [0.29, 0.717) is 23.8 Å². The van der Waals surface area contributed by atoms with Gasteiger partial charge in [-0.25, -0.2) is 9.78 Å². The maximum absolute atomic E-state index is 12.4. The van der Waals surface area contributed by atoms with Crippen LogP contribution in [0.2, 0.25) is 0 Å². The van der Waals surface area contributed by atoms with Gasteiger partial charge >= 0.3 is 6.03 Å². The van der Waals surface area contributed by atoms with Gasteiger partial charge in [0.05, 0.1) is 12.6 Å². The van der Waals surface area contributed by atoms with Crippen molar-refractivity contribution in [1.29, 1.82) is 0 Å². The van der Waals surface area contributed by atoms with E-state index in [1.54, 1.807) is 18.3 Å². The Bertz CT molecular complexity index is 1010. The van der Waals surface area contributed by atoms with E-state index < -0.39 is 0 Å². The Morgan fingerprint density at radius 3 is 2.23 bits per heavy atom. The molecule has 0 aliphatic heterocycles. The molecule has 7 nitrogen and oxygen atoms in total. The first-order valence-corrected chi connectivity index (χ1v) is 10.4. The maximum atomic E-state index is 12.4. The molecule has 0 aliphatic rings. The van der Waals surface area contributed by atoms with Crippen LogP contribution in [0.15, 0.2) is 59.1 Å². The van der Waals surface area contributed by atoms with Crippen molar-refractivity contribution in [3.8, 4) is 11.5 Å². The molecule has 0 bridgehead atoms. The molecule has 0 saturated carbocycles. The molecule has 0 spiro atoms. The summed E-state index contributed by atoms with van der Waals surface area (Å²) in [5, 5.41) is 8.40. The summed E-state index contributed by atoms with van der Waals surface area (Å²) in [7, 11) is 0. The third kappa shape index (κ3) is 6.44. The lowest BCUT2D eigenvalue weighted by atomic mass is 10.1. The van der Waals surface area contributed by atoms with E-state index in [-0.39, 0.29) is 24.3 Å². The van der Waals surface area contributed by atoms with E-state index in [1.807, 2.05) is 43.3 Å². The van der Waals surface area contributed by atoms with E-state index in [2.05, 4.69) is 34.8 Å². The second kappa shape index (κ2) is 10.4. The summed E-state index contributed by atoms with van der Waals surface area (Å²) < 4.78 is 5.76. The van der Waals surface area contributed by atoms with Crippen LogP contribution in [-0.4, -0.2) is 23.5 Å². The van der Waals surface area contributed by atoms with E-state index >= 15 is 0 Å². The Hall–Kier alpha value is -3.61. The zero-order valence-electron chi connectivity index (χ0n) is 18.1. The molecule has 0 unspecified atom stereocenters. The van der Waals surface area contributed by atoms with Gasteiger partial charge in [0.15, 0.2) is 0 Å². The number of nitrogens with zero attached hydrogens (tertiary/aromatic N) is 1. The van der Waals surface area contributed by atoms with Gasteiger partial charge in [0, 0.05) is 29.4 Å². The number of aromatic nitrogens is 1. The lowest BCUT2D eigenvalue weighted by Crippen LogP contribution is -2.29.